The van der Waals surface area contributed by atoms with Crippen LogP contribution in [0.5, 0.6) is 0 Å². The molecule has 1 rings (SSSR count). The number of halogens is 3. The van der Waals surface area contributed by atoms with E-state index in [0.29, 0.717) is 13.0 Å². The van der Waals surface area contributed by atoms with Gasteiger partial charge in [0.05, 0.1) is 29.5 Å². The van der Waals surface area contributed by atoms with Crippen molar-refractivity contribution < 1.29 is 22.7 Å². The average Bonchev–Trinajstić information content (AvgIpc) is 2.44. The van der Waals surface area contributed by atoms with Gasteiger partial charge in [0.25, 0.3) is 5.91 Å². The number of amides is 1. The Balaban J connectivity index is 3.10. The van der Waals surface area contributed by atoms with Gasteiger partial charge in [-0.05, 0) is 18.6 Å². The van der Waals surface area contributed by atoms with Crippen molar-refractivity contribution in [3.8, 4) is 0 Å². The Labute approximate surface area is 121 Å². The van der Waals surface area contributed by atoms with E-state index in [1.165, 1.54) is 26.3 Å². The molecule has 1 aromatic rings. The molecule has 0 heterocycles. The largest absolute Gasteiger partial charge is 0.418 e. The highest BCUT2D eigenvalue weighted by atomic mass is 19.4. The first-order valence-corrected chi connectivity index (χ1v) is 6.52. The maximum absolute atomic E-state index is 12.9. The van der Waals surface area contributed by atoms with Crippen molar-refractivity contribution in [3.05, 3.63) is 29.3 Å². The number of alkyl halides is 3. The molecule has 118 valence electrons. The van der Waals surface area contributed by atoms with E-state index in [-0.39, 0.29) is 17.3 Å². The van der Waals surface area contributed by atoms with Gasteiger partial charge in [-0.1, -0.05) is 13.0 Å². The molecule has 1 amide bonds. The summed E-state index contributed by atoms with van der Waals surface area (Å²) < 4.78 is 43.8. The van der Waals surface area contributed by atoms with Crippen LogP contribution in [-0.4, -0.2) is 32.7 Å². The smallest absolute Gasteiger partial charge is 0.387 e. The third-order valence-corrected chi connectivity index (χ3v) is 3.06. The number of carbonyl (C=O) groups excluding carboxylic acids is 1. The second kappa shape index (κ2) is 7.31. The number of carbonyl (C=O) groups is 1. The Kier molecular flexibility index (Phi) is 6.02. The number of hydrogen-bond donors (Lipinski definition) is 2. The summed E-state index contributed by atoms with van der Waals surface area (Å²) in [7, 11) is 2.85. The zero-order chi connectivity index (χ0) is 16.0. The van der Waals surface area contributed by atoms with E-state index < -0.39 is 17.6 Å². The van der Waals surface area contributed by atoms with E-state index in [2.05, 4.69) is 10.6 Å². The first-order valence-electron chi connectivity index (χ1n) is 6.52. The summed E-state index contributed by atoms with van der Waals surface area (Å²) in [4.78, 5) is 12.2. The standard InChI is InChI=1S/C14H19F3N2O2/c1-4-9(8-21-3)19-13(20)10-6-5-7-11(12(10)18-2)14(15,16)17/h5-7,9,18H,4,8H2,1-3H3,(H,19,20). The fourth-order valence-corrected chi connectivity index (χ4v) is 1.97. The molecule has 2 N–H and O–H groups in total. The van der Waals surface area contributed by atoms with Crippen LogP contribution in [0.4, 0.5) is 18.9 Å². The minimum atomic E-state index is -4.52. The number of rotatable bonds is 6. The van der Waals surface area contributed by atoms with E-state index in [1.807, 2.05) is 6.92 Å². The predicted molar refractivity (Wildman–Crippen MR) is 74.4 cm³/mol. The fraction of sp³-hybridized carbons (Fsp3) is 0.500. The molecule has 1 unspecified atom stereocenters. The van der Waals surface area contributed by atoms with Crippen LogP contribution >= 0.6 is 0 Å². The first kappa shape index (κ1) is 17.3. The quantitative estimate of drug-likeness (QED) is 0.849. The Bertz CT molecular complexity index is 490. The van der Waals surface area contributed by atoms with E-state index in [9.17, 15) is 18.0 Å². The van der Waals surface area contributed by atoms with Gasteiger partial charge >= 0.3 is 6.18 Å². The molecule has 21 heavy (non-hydrogen) atoms. The van der Waals surface area contributed by atoms with E-state index in [4.69, 9.17) is 4.74 Å². The zero-order valence-electron chi connectivity index (χ0n) is 12.2. The van der Waals surface area contributed by atoms with Gasteiger partial charge in [0.2, 0.25) is 0 Å². The molecular formula is C14H19F3N2O2. The maximum Gasteiger partial charge on any atom is 0.418 e. The van der Waals surface area contributed by atoms with Crippen molar-refractivity contribution in [2.24, 2.45) is 0 Å². The lowest BCUT2D eigenvalue weighted by Crippen LogP contribution is -2.38. The molecule has 1 atom stereocenters. The minimum absolute atomic E-state index is 0.0399. The number of hydrogen-bond acceptors (Lipinski definition) is 3. The SMILES string of the molecule is CCC(COC)NC(=O)c1cccc(C(F)(F)F)c1NC. The van der Waals surface area contributed by atoms with Crippen molar-refractivity contribution in [3.63, 3.8) is 0 Å². The molecular weight excluding hydrogens is 285 g/mol. The fourth-order valence-electron chi connectivity index (χ4n) is 1.97. The molecule has 0 aliphatic heterocycles. The molecule has 0 saturated carbocycles. The molecule has 0 radical (unpaired) electrons. The highest BCUT2D eigenvalue weighted by molar-refractivity contribution is 6.00. The topological polar surface area (TPSA) is 50.4 Å². The monoisotopic (exact) mass is 304 g/mol. The highest BCUT2D eigenvalue weighted by Gasteiger charge is 2.35. The number of para-hydroxylation sites is 1. The maximum atomic E-state index is 12.9. The summed E-state index contributed by atoms with van der Waals surface area (Å²) in [5, 5.41) is 5.13. The summed E-state index contributed by atoms with van der Waals surface area (Å²) in [5.41, 5.74) is -1.13. The Morgan fingerprint density at radius 3 is 2.52 bits per heavy atom. The second-order valence-electron chi connectivity index (χ2n) is 4.51. The van der Waals surface area contributed by atoms with Crippen molar-refractivity contribution >= 4 is 11.6 Å². The normalized spacial score (nSPS) is 12.9. The first-order chi connectivity index (χ1) is 9.85. The van der Waals surface area contributed by atoms with Gasteiger partial charge in [0.1, 0.15) is 0 Å². The third kappa shape index (κ3) is 4.35. The molecule has 0 aliphatic carbocycles. The summed E-state index contributed by atoms with van der Waals surface area (Å²) >= 11 is 0. The Morgan fingerprint density at radius 1 is 1.38 bits per heavy atom. The highest BCUT2D eigenvalue weighted by Crippen LogP contribution is 2.36. The predicted octanol–water partition coefficient (Wildman–Crippen LogP) is 2.90. The summed E-state index contributed by atoms with van der Waals surface area (Å²) in [6, 6.07) is 3.27. The number of methoxy groups -OCH3 is 1. The number of nitrogens with one attached hydrogen (secondary N) is 2. The number of benzene rings is 1. The molecule has 0 bridgehead atoms. The van der Waals surface area contributed by atoms with Gasteiger partial charge in [-0.2, -0.15) is 13.2 Å². The van der Waals surface area contributed by atoms with Gasteiger partial charge in [0.15, 0.2) is 0 Å². The summed E-state index contributed by atoms with van der Waals surface area (Å²) in [5.74, 6) is -0.561. The average molecular weight is 304 g/mol. The van der Waals surface area contributed by atoms with Crippen molar-refractivity contribution in [2.45, 2.75) is 25.6 Å². The van der Waals surface area contributed by atoms with Gasteiger partial charge in [-0.15, -0.1) is 0 Å². The molecule has 4 nitrogen and oxygen atoms in total. The lowest BCUT2D eigenvalue weighted by atomic mass is 10.1. The van der Waals surface area contributed by atoms with Crippen LogP contribution in [0.3, 0.4) is 0 Å². The lowest BCUT2D eigenvalue weighted by Gasteiger charge is -2.19. The molecule has 1 aromatic carbocycles. The van der Waals surface area contributed by atoms with Crippen LogP contribution in [0.25, 0.3) is 0 Å². The second-order valence-corrected chi connectivity index (χ2v) is 4.51. The Morgan fingerprint density at radius 2 is 2.05 bits per heavy atom. The van der Waals surface area contributed by atoms with Crippen molar-refractivity contribution in [1.29, 1.82) is 0 Å². The van der Waals surface area contributed by atoms with E-state index in [1.54, 1.807) is 0 Å². The van der Waals surface area contributed by atoms with Crippen LogP contribution in [0.2, 0.25) is 0 Å². The van der Waals surface area contributed by atoms with Gasteiger partial charge in [-0.25, -0.2) is 0 Å². The van der Waals surface area contributed by atoms with Crippen LogP contribution in [-0.2, 0) is 10.9 Å². The van der Waals surface area contributed by atoms with Gasteiger partial charge in [0, 0.05) is 14.2 Å². The van der Waals surface area contributed by atoms with E-state index >= 15 is 0 Å². The van der Waals surface area contributed by atoms with Crippen LogP contribution < -0.4 is 10.6 Å². The lowest BCUT2D eigenvalue weighted by molar-refractivity contribution is -0.136. The zero-order valence-corrected chi connectivity index (χ0v) is 12.2. The number of ether oxygens (including phenoxy) is 1. The van der Waals surface area contributed by atoms with Crippen molar-refractivity contribution in [1.82, 2.24) is 5.32 Å². The molecule has 7 heteroatoms. The van der Waals surface area contributed by atoms with Crippen LogP contribution in [0, 0.1) is 0 Å². The summed E-state index contributed by atoms with van der Waals surface area (Å²) in [6.45, 7) is 2.16. The van der Waals surface area contributed by atoms with Gasteiger partial charge < -0.3 is 15.4 Å². The minimum Gasteiger partial charge on any atom is -0.387 e. The van der Waals surface area contributed by atoms with Crippen molar-refractivity contribution in [2.75, 3.05) is 26.1 Å². The van der Waals surface area contributed by atoms with Gasteiger partial charge in [-0.3, -0.25) is 4.79 Å². The summed E-state index contributed by atoms with van der Waals surface area (Å²) in [6.07, 6.45) is -3.90. The Hall–Kier alpha value is -1.76. The molecule has 0 aromatic heterocycles. The van der Waals surface area contributed by atoms with E-state index in [0.717, 1.165) is 6.07 Å². The molecule has 0 saturated heterocycles. The molecule has 0 spiro atoms. The van der Waals surface area contributed by atoms with Crippen LogP contribution in [0.1, 0.15) is 29.3 Å². The molecule has 0 aliphatic rings. The molecule has 0 fully saturated rings. The third-order valence-electron chi connectivity index (χ3n) is 3.06. The van der Waals surface area contributed by atoms with Crippen LogP contribution in [0.15, 0.2) is 18.2 Å². The number of anilines is 1.